The summed E-state index contributed by atoms with van der Waals surface area (Å²) in [5, 5.41) is 5.92. The number of nitrogens with one attached hydrogen (secondary N) is 2. The van der Waals surface area contributed by atoms with E-state index in [1.165, 1.54) is 12.8 Å². The maximum absolute atomic E-state index is 11.1. The fourth-order valence-electron chi connectivity index (χ4n) is 2.55. The summed E-state index contributed by atoms with van der Waals surface area (Å²) < 4.78 is 0. The summed E-state index contributed by atoms with van der Waals surface area (Å²) in [5.41, 5.74) is 0.0730. The van der Waals surface area contributed by atoms with Crippen LogP contribution in [0.1, 0.15) is 25.7 Å². The molecule has 4 nitrogen and oxygen atoms in total. The molecule has 0 atom stereocenters. The van der Waals surface area contributed by atoms with Gasteiger partial charge in [0.25, 0.3) is 0 Å². The Labute approximate surface area is 85.0 Å². The van der Waals surface area contributed by atoms with Crippen molar-refractivity contribution >= 4 is 6.03 Å². The third-order valence-electron chi connectivity index (χ3n) is 3.61. The second-order valence-electron chi connectivity index (χ2n) is 4.78. The number of rotatable bonds is 1. The summed E-state index contributed by atoms with van der Waals surface area (Å²) in [6.07, 6.45) is 4.59. The van der Waals surface area contributed by atoms with E-state index in [0.717, 1.165) is 19.4 Å². The van der Waals surface area contributed by atoms with E-state index in [-0.39, 0.29) is 11.6 Å². The molecule has 1 heterocycles. The average Bonchev–Trinajstić information content (AvgIpc) is 2.48. The van der Waals surface area contributed by atoms with Crippen LogP contribution in [0.3, 0.4) is 0 Å². The van der Waals surface area contributed by atoms with E-state index in [1.54, 1.807) is 0 Å². The molecule has 0 unspecified atom stereocenters. The fraction of sp³-hybridized carbons (Fsp3) is 0.900. The Kier molecular flexibility index (Phi) is 2.39. The normalized spacial score (nSPS) is 37.4. The summed E-state index contributed by atoms with van der Waals surface area (Å²) in [4.78, 5) is 13.4. The molecule has 0 radical (unpaired) electrons. The van der Waals surface area contributed by atoms with Gasteiger partial charge >= 0.3 is 6.03 Å². The molecular formula is C10H19N3O. The Morgan fingerprint density at radius 3 is 2.43 bits per heavy atom. The molecule has 0 bridgehead atoms. The molecule has 2 fully saturated rings. The van der Waals surface area contributed by atoms with Gasteiger partial charge in [0.15, 0.2) is 0 Å². The van der Waals surface area contributed by atoms with Gasteiger partial charge in [-0.2, -0.15) is 0 Å². The largest absolute Gasteiger partial charge is 0.336 e. The molecule has 0 aromatic rings. The van der Waals surface area contributed by atoms with E-state index in [0.29, 0.717) is 6.04 Å². The molecule has 2 rings (SSSR count). The minimum atomic E-state index is 0.00769. The summed E-state index contributed by atoms with van der Waals surface area (Å²) in [7, 11) is 4.27. The maximum Gasteiger partial charge on any atom is 0.315 e. The van der Waals surface area contributed by atoms with Gasteiger partial charge < -0.3 is 15.5 Å². The van der Waals surface area contributed by atoms with Gasteiger partial charge in [-0.15, -0.1) is 0 Å². The highest BCUT2D eigenvalue weighted by molar-refractivity contribution is 5.77. The summed E-state index contributed by atoms with van der Waals surface area (Å²) >= 11 is 0. The summed E-state index contributed by atoms with van der Waals surface area (Å²) in [5.74, 6) is 0. The van der Waals surface area contributed by atoms with Crippen molar-refractivity contribution in [2.24, 2.45) is 0 Å². The highest BCUT2D eigenvalue weighted by atomic mass is 16.2. The lowest BCUT2D eigenvalue weighted by molar-refractivity contribution is 0.167. The molecule has 2 N–H and O–H groups in total. The number of carbonyl (C=O) groups is 1. The minimum absolute atomic E-state index is 0.00769. The highest BCUT2D eigenvalue weighted by Gasteiger charge is 2.40. The van der Waals surface area contributed by atoms with Crippen molar-refractivity contribution in [1.82, 2.24) is 15.5 Å². The zero-order chi connectivity index (χ0) is 10.2. The second kappa shape index (κ2) is 3.42. The van der Waals surface area contributed by atoms with Crippen LogP contribution in [0.2, 0.25) is 0 Å². The Morgan fingerprint density at radius 1 is 1.36 bits per heavy atom. The molecule has 1 saturated carbocycles. The fourth-order valence-corrected chi connectivity index (χ4v) is 2.55. The first-order valence-electron chi connectivity index (χ1n) is 5.34. The Bertz CT molecular complexity index is 232. The number of carbonyl (C=O) groups excluding carboxylic acids is 1. The number of amides is 2. The van der Waals surface area contributed by atoms with Gasteiger partial charge in [-0.3, -0.25) is 0 Å². The second-order valence-corrected chi connectivity index (χ2v) is 4.78. The number of hydrogen-bond donors (Lipinski definition) is 2. The first-order valence-corrected chi connectivity index (χ1v) is 5.34. The molecule has 2 amide bonds. The zero-order valence-corrected chi connectivity index (χ0v) is 8.97. The number of hydrogen-bond acceptors (Lipinski definition) is 2. The van der Waals surface area contributed by atoms with Gasteiger partial charge in [0.1, 0.15) is 0 Å². The first-order chi connectivity index (χ1) is 6.61. The molecule has 1 spiro atoms. The predicted molar refractivity (Wildman–Crippen MR) is 55.2 cm³/mol. The molecule has 2 aliphatic rings. The van der Waals surface area contributed by atoms with Gasteiger partial charge in [-0.05, 0) is 39.8 Å². The lowest BCUT2D eigenvalue weighted by Crippen LogP contribution is -2.49. The van der Waals surface area contributed by atoms with Crippen LogP contribution in [0.4, 0.5) is 4.79 Å². The van der Waals surface area contributed by atoms with Crippen molar-refractivity contribution in [2.75, 3.05) is 20.6 Å². The smallest absolute Gasteiger partial charge is 0.315 e. The Morgan fingerprint density at radius 2 is 2.00 bits per heavy atom. The molecule has 0 aromatic heterocycles. The van der Waals surface area contributed by atoms with Crippen molar-refractivity contribution in [3.63, 3.8) is 0 Å². The highest BCUT2D eigenvalue weighted by Crippen LogP contribution is 2.31. The van der Waals surface area contributed by atoms with E-state index in [9.17, 15) is 4.79 Å². The summed E-state index contributed by atoms with van der Waals surface area (Å²) in [6.45, 7) is 0.811. The first kappa shape index (κ1) is 9.77. The molecule has 1 saturated heterocycles. The van der Waals surface area contributed by atoms with Crippen LogP contribution < -0.4 is 10.6 Å². The van der Waals surface area contributed by atoms with Crippen LogP contribution in [0, 0.1) is 0 Å². The van der Waals surface area contributed by atoms with E-state index in [4.69, 9.17) is 0 Å². The van der Waals surface area contributed by atoms with Crippen LogP contribution in [-0.2, 0) is 0 Å². The molecule has 0 aromatic carbocycles. The number of nitrogens with zero attached hydrogens (tertiary/aromatic N) is 1. The zero-order valence-electron chi connectivity index (χ0n) is 8.97. The van der Waals surface area contributed by atoms with E-state index in [1.807, 2.05) is 0 Å². The maximum atomic E-state index is 11.1. The number of urea groups is 1. The van der Waals surface area contributed by atoms with Gasteiger partial charge in [0.2, 0.25) is 0 Å². The predicted octanol–water partition coefficient (Wildman–Crippen LogP) is 0.542. The van der Waals surface area contributed by atoms with Crippen molar-refractivity contribution in [3.05, 3.63) is 0 Å². The van der Waals surface area contributed by atoms with Crippen molar-refractivity contribution in [2.45, 2.75) is 37.3 Å². The SMILES string of the molecule is CN(C)C1CCC2(CC1)CNC(=O)N2. The standard InChI is InChI=1S/C10H19N3O/c1-13(2)8-3-5-10(6-4-8)7-11-9(14)12-10/h8H,3-7H2,1-2H3,(H2,11,12,14). The Hall–Kier alpha value is -0.770. The average molecular weight is 197 g/mol. The van der Waals surface area contributed by atoms with Crippen molar-refractivity contribution < 1.29 is 4.79 Å². The van der Waals surface area contributed by atoms with Gasteiger partial charge in [0, 0.05) is 12.6 Å². The summed E-state index contributed by atoms with van der Waals surface area (Å²) in [6, 6.07) is 0.700. The third kappa shape index (κ3) is 1.71. The van der Waals surface area contributed by atoms with Crippen LogP contribution in [-0.4, -0.2) is 43.2 Å². The van der Waals surface area contributed by atoms with E-state index in [2.05, 4.69) is 29.6 Å². The lowest BCUT2D eigenvalue weighted by Gasteiger charge is -2.38. The molecule has 1 aliphatic carbocycles. The third-order valence-corrected chi connectivity index (χ3v) is 3.61. The Balaban J connectivity index is 1.92. The molecule has 14 heavy (non-hydrogen) atoms. The monoisotopic (exact) mass is 197 g/mol. The lowest BCUT2D eigenvalue weighted by atomic mass is 9.80. The molecule has 4 heteroatoms. The molecule has 80 valence electrons. The van der Waals surface area contributed by atoms with E-state index < -0.39 is 0 Å². The van der Waals surface area contributed by atoms with Gasteiger partial charge in [-0.1, -0.05) is 0 Å². The molecule has 1 aliphatic heterocycles. The van der Waals surface area contributed by atoms with E-state index >= 15 is 0 Å². The topological polar surface area (TPSA) is 44.4 Å². The van der Waals surface area contributed by atoms with Gasteiger partial charge in [0.05, 0.1) is 5.54 Å². The molecular weight excluding hydrogens is 178 g/mol. The minimum Gasteiger partial charge on any atom is -0.336 e. The van der Waals surface area contributed by atoms with Crippen LogP contribution in [0.5, 0.6) is 0 Å². The van der Waals surface area contributed by atoms with Crippen LogP contribution >= 0.6 is 0 Å². The van der Waals surface area contributed by atoms with Crippen molar-refractivity contribution in [3.8, 4) is 0 Å². The quantitative estimate of drug-likeness (QED) is 0.644. The van der Waals surface area contributed by atoms with Crippen LogP contribution in [0.15, 0.2) is 0 Å². The van der Waals surface area contributed by atoms with Crippen molar-refractivity contribution in [1.29, 1.82) is 0 Å². The van der Waals surface area contributed by atoms with Crippen LogP contribution in [0.25, 0.3) is 0 Å². The van der Waals surface area contributed by atoms with Gasteiger partial charge in [-0.25, -0.2) is 4.79 Å².